The van der Waals surface area contributed by atoms with Gasteiger partial charge in [0.05, 0.1) is 18.8 Å². The number of benzene rings is 1. The number of thiol groups is 1. The first-order chi connectivity index (χ1) is 17.1. The lowest BCUT2D eigenvalue weighted by Crippen LogP contribution is -2.58. The first-order valence-electron chi connectivity index (χ1n) is 10.9. The second-order valence-electron chi connectivity index (χ2n) is 7.95. The molecule has 9 N–H and O–H groups in total. The number of hydrogen-bond acceptors (Lipinski definition) is 8. The molecular weight excluding hydrogens is 490 g/mol. The van der Waals surface area contributed by atoms with Crippen LogP contribution < -0.4 is 27.4 Å². The largest absolute Gasteiger partial charge is 0.480 e. The van der Waals surface area contributed by atoms with Crippen LogP contribution in [0.5, 0.6) is 0 Å². The van der Waals surface area contributed by atoms with E-state index in [9.17, 15) is 29.1 Å². The summed E-state index contributed by atoms with van der Waals surface area (Å²) in [6, 6.07) is 3.83. The summed E-state index contributed by atoms with van der Waals surface area (Å²) >= 11 is 3.94. The number of aromatic nitrogens is 2. The molecule has 0 aliphatic carbocycles. The minimum atomic E-state index is -1.28. The molecule has 0 bridgehead atoms. The third-order valence-corrected chi connectivity index (χ3v) is 5.45. The maximum Gasteiger partial charge on any atom is 0.327 e. The molecule has 1 heterocycles. The lowest BCUT2D eigenvalue weighted by molar-refractivity contribution is -0.141. The van der Waals surface area contributed by atoms with E-state index >= 15 is 0 Å². The van der Waals surface area contributed by atoms with Gasteiger partial charge in [0, 0.05) is 30.5 Å². The van der Waals surface area contributed by atoms with Crippen LogP contribution in [0.25, 0.3) is 0 Å². The molecule has 194 valence electrons. The molecule has 0 aliphatic rings. The Morgan fingerprint density at radius 1 is 0.944 bits per heavy atom. The van der Waals surface area contributed by atoms with Crippen molar-refractivity contribution >= 4 is 42.2 Å². The van der Waals surface area contributed by atoms with Crippen molar-refractivity contribution in [3.63, 3.8) is 0 Å². The minimum Gasteiger partial charge on any atom is -0.480 e. The van der Waals surface area contributed by atoms with Crippen LogP contribution in [0.2, 0.25) is 0 Å². The number of carbonyl (C=O) groups excluding carboxylic acids is 4. The fraction of sp³-hybridized carbons (Fsp3) is 0.364. The fourth-order valence-electron chi connectivity index (χ4n) is 3.20. The average Bonchev–Trinajstić information content (AvgIpc) is 3.34. The Hall–Kier alpha value is -3.91. The number of rotatable bonds is 14. The predicted octanol–water partition coefficient (Wildman–Crippen LogP) is -2.13. The van der Waals surface area contributed by atoms with Gasteiger partial charge in [0.25, 0.3) is 0 Å². The van der Waals surface area contributed by atoms with E-state index in [4.69, 9.17) is 11.5 Å². The summed E-state index contributed by atoms with van der Waals surface area (Å²) in [5, 5.41) is 16.7. The molecular formula is C22H29N7O6S. The van der Waals surface area contributed by atoms with E-state index < -0.39 is 60.2 Å². The first kappa shape index (κ1) is 28.3. The summed E-state index contributed by atoms with van der Waals surface area (Å²) in [5.41, 5.74) is 12.0. The Bertz CT molecular complexity index is 1050. The third-order valence-electron chi connectivity index (χ3n) is 5.08. The highest BCUT2D eigenvalue weighted by atomic mass is 32.1. The lowest BCUT2D eigenvalue weighted by Gasteiger charge is -2.25. The third kappa shape index (κ3) is 9.03. The molecule has 4 amide bonds. The summed E-state index contributed by atoms with van der Waals surface area (Å²) in [6.45, 7) is 0. The standard InChI is InChI=1S/C22H29N7O6S/c23-14(8-18(24)30)19(31)27-16(7-13-9-25-11-26-13)21(33)28-15(6-12-4-2-1-3-5-12)20(32)29-17(10-36)22(34)35/h1-5,9,11,14-17,36H,6-8,10,23H2,(H2,24,30)(H,25,26)(H,27,31)(H,28,33)(H,29,32)(H,34,35). The highest BCUT2D eigenvalue weighted by molar-refractivity contribution is 7.80. The number of H-pyrrole nitrogens is 1. The van der Waals surface area contributed by atoms with Gasteiger partial charge in [-0.25, -0.2) is 9.78 Å². The van der Waals surface area contributed by atoms with Crippen molar-refractivity contribution in [1.29, 1.82) is 0 Å². The number of carbonyl (C=O) groups is 5. The average molecular weight is 520 g/mol. The molecule has 1 aromatic carbocycles. The van der Waals surface area contributed by atoms with Crippen LogP contribution in [-0.4, -0.2) is 74.6 Å². The molecule has 2 rings (SSSR count). The van der Waals surface area contributed by atoms with Gasteiger partial charge >= 0.3 is 5.97 Å². The number of imidazole rings is 1. The molecule has 0 spiro atoms. The summed E-state index contributed by atoms with van der Waals surface area (Å²) in [6.07, 6.45) is 2.43. The number of aromatic amines is 1. The SMILES string of the molecule is NC(=O)CC(N)C(=O)NC(Cc1cnc[nH]1)C(=O)NC(Cc1ccccc1)C(=O)NC(CS)C(=O)O. The monoisotopic (exact) mass is 519 g/mol. The molecule has 0 aliphatic heterocycles. The highest BCUT2D eigenvalue weighted by Gasteiger charge is 2.31. The molecule has 13 nitrogen and oxygen atoms in total. The van der Waals surface area contributed by atoms with Crippen LogP contribution in [0.4, 0.5) is 0 Å². The van der Waals surface area contributed by atoms with Gasteiger partial charge in [-0.2, -0.15) is 12.6 Å². The molecule has 2 aromatic rings. The molecule has 36 heavy (non-hydrogen) atoms. The molecule has 0 fully saturated rings. The zero-order chi connectivity index (χ0) is 26.7. The molecule has 4 unspecified atom stereocenters. The topological polar surface area (TPSA) is 222 Å². The zero-order valence-corrected chi connectivity index (χ0v) is 20.1. The van der Waals surface area contributed by atoms with Gasteiger partial charge in [-0.15, -0.1) is 0 Å². The van der Waals surface area contributed by atoms with Crippen LogP contribution in [0.3, 0.4) is 0 Å². The molecule has 0 saturated heterocycles. The molecule has 4 atom stereocenters. The second kappa shape index (κ2) is 13.8. The van der Waals surface area contributed by atoms with Gasteiger partial charge in [-0.1, -0.05) is 30.3 Å². The van der Waals surface area contributed by atoms with Crippen LogP contribution >= 0.6 is 12.6 Å². The number of amides is 4. The normalized spacial score (nSPS) is 14.1. The van der Waals surface area contributed by atoms with E-state index in [1.54, 1.807) is 30.3 Å². The smallest absolute Gasteiger partial charge is 0.327 e. The van der Waals surface area contributed by atoms with Crippen LogP contribution in [-0.2, 0) is 36.8 Å². The first-order valence-corrected chi connectivity index (χ1v) is 11.5. The highest BCUT2D eigenvalue weighted by Crippen LogP contribution is 2.07. The van der Waals surface area contributed by atoms with Crippen LogP contribution in [0.1, 0.15) is 17.7 Å². The summed E-state index contributed by atoms with van der Waals surface area (Å²) in [7, 11) is 0. The van der Waals surface area contributed by atoms with Crippen molar-refractivity contribution in [3.8, 4) is 0 Å². The number of carboxylic acids is 1. The van der Waals surface area contributed by atoms with Crippen molar-refractivity contribution in [2.75, 3.05) is 5.75 Å². The van der Waals surface area contributed by atoms with Crippen molar-refractivity contribution in [2.24, 2.45) is 11.5 Å². The summed E-state index contributed by atoms with van der Waals surface area (Å²) in [4.78, 5) is 67.9. The molecule has 0 radical (unpaired) electrons. The number of primary amides is 1. The fourth-order valence-corrected chi connectivity index (χ4v) is 3.45. The van der Waals surface area contributed by atoms with Gasteiger partial charge in [0.1, 0.15) is 18.1 Å². The lowest BCUT2D eigenvalue weighted by atomic mass is 10.0. The van der Waals surface area contributed by atoms with Crippen LogP contribution in [0, 0.1) is 0 Å². The summed E-state index contributed by atoms with van der Waals surface area (Å²) < 4.78 is 0. The van der Waals surface area contributed by atoms with Crippen LogP contribution in [0.15, 0.2) is 42.9 Å². The number of aliphatic carboxylic acids is 1. The van der Waals surface area contributed by atoms with Crippen molar-refractivity contribution in [1.82, 2.24) is 25.9 Å². The summed E-state index contributed by atoms with van der Waals surface area (Å²) in [5.74, 6) is -4.51. The Labute approximate surface area is 212 Å². The van der Waals surface area contributed by atoms with Crippen molar-refractivity contribution < 1.29 is 29.1 Å². The van der Waals surface area contributed by atoms with Crippen molar-refractivity contribution in [2.45, 2.75) is 43.4 Å². The van der Waals surface area contributed by atoms with E-state index in [1.165, 1.54) is 12.5 Å². The van der Waals surface area contributed by atoms with Gasteiger partial charge in [0.15, 0.2) is 0 Å². The Balaban J connectivity index is 2.25. The van der Waals surface area contributed by atoms with E-state index in [0.29, 0.717) is 11.3 Å². The van der Waals surface area contributed by atoms with E-state index in [1.807, 2.05) is 0 Å². The van der Waals surface area contributed by atoms with Gasteiger partial charge < -0.3 is 37.5 Å². The number of nitrogens with two attached hydrogens (primary N) is 2. The van der Waals surface area contributed by atoms with Crippen molar-refractivity contribution in [3.05, 3.63) is 54.1 Å². The molecule has 14 heteroatoms. The molecule has 0 saturated carbocycles. The van der Waals surface area contributed by atoms with Gasteiger partial charge in [-0.05, 0) is 5.56 Å². The van der Waals surface area contributed by atoms with E-state index in [-0.39, 0.29) is 18.6 Å². The number of nitrogens with one attached hydrogen (secondary N) is 4. The van der Waals surface area contributed by atoms with E-state index in [0.717, 1.165) is 0 Å². The quantitative estimate of drug-likeness (QED) is 0.128. The number of carboxylic acid groups (broad SMARTS) is 1. The zero-order valence-electron chi connectivity index (χ0n) is 19.2. The number of nitrogens with zero attached hydrogens (tertiary/aromatic N) is 1. The molecule has 1 aromatic heterocycles. The van der Waals surface area contributed by atoms with Gasteiger partial charge in [0.2, 0.25) is 23.6 Å². The maximum atomic E-state index is 13.2. The number of hydrogen-bond donors (Lipinski definition) is 8. The Morgan fingerprint density at radius 2 is 1.53 bits per heavy atom. The Kier molecular flexibility index (Phi) is 10.9. The van der Waals surface area contributed by atoms with E-state index in [2.05, 4.69) is 38.5 Å². The minimum absolute atomic E-state index is 0.0328. The maximum absolute atomic E-state index is 13.2. The van der Waals surface area contributed by atoms with Gasteiger partial charge in [-0.3, -0.25) is 19.2 Å². The second-order valence-corrected chi connectivity index (χ2v) is 8.32. The Morgan fingerprint density at radius 3 is 2.06 bits per heavy atom. The predicted molar refractivity (Wildman–Crippen MR) is 132 cm³/mol.